The maximum Gasteiger partial charge on any atom is 0.0726 e. The van der Waals surface area contributed by atoms with E-state index in [9.17, 15) is 0 Å². The molecule has 0 aromatic carbocycles. The molecule has 0 aliphatic carbocycles. The van der Waals surface area contributed by atoms with Gasteiger partial charge in [0.05, 0.1) is 23.0 Å². The van der Waals surface area contributed by atoms with Crippen molar-refractivity contribution < 1.29 is 0 Å². The van der Waals surface area contributed by atoms with Crippen LogP contribution in [0.25, 0.3) is 0 Å². The molecule has 0 unspecified atom stereocenters. The number of hydrogen-bond acceptors (Lipinski definition) is 2. The summed E-state index contributed by atoms with van der Waals surface area (Å²) in [5.41, 5.74) is -1.03. The van der Waals surface area contributed by atoms with E-state index < -0.39 is 10.8 Å². The zero-order valence-corrected chi connectivity index (χ0v) is 8.31. The molecule has 0 amide bonds. The van der Waals surface area contributed by atoms with Crippen molar-refractivity contribution in [2.45, 2.75) is 40.5 Å². The predicted octanol–water partition coefficient (Wildman–Crippen LogP) is 2.87. The summed E-state index contributed by atoms with van der Waals surface area (Å²) in [4.78, 5) is 0. The average Bonchev–Trinajstić information content (AvgIpc) is 2.15. The van der Waals surface area contributed by atoms with E-state index in [0.717, 1.165) is 12.8 Å². The van der Waals surface area contributed by atoms with Crippen molar-refractivity contribution in [1.82, 2.24) is 0 Å². The monoisotopic (exact) mass is 164 g/mol. The smallest absolute Gasteiger partial charge is 0.0726 e. The van der Waals surface area contributed by atoms with E-state index in [0.29, 0.717) is 0 Å². The number of hydrogen-bond donors (Lipinski definition) is 0. The standard InChI is InChI=1S/C10H16N2/c1-5-9(3,7-11)10(4,6-2)8-12/h5-6H2,1-4H3/t9-,10-/m0/s1. The summed E-state index contributed by atoms with van der Waals surface area (Å²) in [5, 5.41) is 18.0. The quantitative estimate of drug-likeness (QED) is 0.644. The summed E-state index contributed by atoms with van der Waals surface area (Å²) in [5.74, 6) is 0. The summed E-state index contributed by atoms with van der Waals surface area (Å²) in [6.45, 7) is 7.63. The maximum atomic E-state index is 8.98. The molecule has 2 atom stereocenters. The third kappa shape index (κ3) is 1.43. The molecule has 0 fully saturated rings. The highest BCUT2D eigenvalue weighted by Gasteiger charge is 2.42. The molecule has 0 bridgehead atoms. The van der Waals surface area contributed by atoms with Crippen molar-refractivity contribution in [3.8, 4) is 12.1 Å². The van der Waals surface area contributed by atoms with Gasteiger partial charge in [-0.15, -0.1) is 0 Å². The van der Waals surface area contributed by atoms with Crippen LogP contribution in [0, 0.1) is 33.5 Å². The second kappa shape index (κ2) is 3.59. The van der Waals surface area contributed by atoms with Gasteiger partial charge in [0.25, 0.3) is 0 Å². The summed E-state index contributed by atoms with van der Waals surface area (Å²) < 4.78 is 0. The van der Waals surface area contributed by atoms with Crippen LogP contribution < -0.4 is 0 Å². The van der Waals surface area contributed by atoms with E-state index in [1.807, 2.05) is 27.7 Å². The summed E-state index contributed by atoms with van der Waals surface area (Å²) in [6.07, 6.45) is 1.45. The van der Waals surface area contributed by atoms with Crippen LogP contribution in [0.15, 0.2) is 0 Å². The van der Waals surface area contributed by atoms with Crippen LogP contribution in [0.3, 0.4) is 0 Å². The van der Waals surface area contributed by atoms with Gasteiger partial charge in [-0.2, -0.15) is 10.5 Å². The highest BCUT2D eigenvalue weighted by atomic mass is 14.5. The van der Waals surface area contributed by atoms with Crippen molar-refractivity contribution in [2.75, 3.05) is 0 Å². The zero-order chi connectivity index (χ0) is 9.83. The van der Waals surface area contributed by atoms with Gasteiger partial charge in [0.1, 0.15) is 0 Å². The van der Waals surface area contributed by atoms with E-state index in [2.05, 4.69) is 12.1 Å². The Hall–Kier alpha value is -1.02. The number of nitrogens with zero attached hydrogens (tertiary/aromatic N) is 2. The van der Waals surface area contributed by atoms with Crippen molar-refractivity contribution in [1.29, 1.82) is 10.5 Å². The van der Waals surface area contributed by atoms with Crippen LogP contribution in [0.2, 0.25) is 0 Å². The molecule has 0 saturated heterocycles. The van der Waals surface area contributed by atoms with Crippen molar-refractivity contribution in [3.63, 3.8) is 0 Å². The molecule has 0 spiro atoms. The molecule has 0 radical (unpaired) electrons. The lowest BCUT2D eigenvalue weighted by atomic mass is 9.64. The first-order valence-electron chi connectivity index (χ1n) is 4.32. The largest absolute Gasteiger partial charge is 0.198 e. The fourth-order valence-corrected chi connectivity index (χ4v) is 1.19. The molecular formula is C10H16N2. The molecule has 2 heteroatoms. The Balaban J connectivity index is 4.99. The van der Waals surface area contributed by atoms with Gasteiger partial charge in [-0.25, -0.2) is 0 Å². The predicted molar refractivity (Wildman–Crippen MR) is 48.0 cm³/mol. The zero-order valence-electron chi connectivity index (χ0n) is 8.31. The van der Waals surface area contributed by atoms with E-state index in [1.165, 1.54) is 0 Å². The van der Waals surface area contributed by atoms with Gasteiger partial charge in [0.2, 0.25) is 0 Å². The lowest BCUT2D eigenvalue weighted by Crippen LogP contribution is -2.34. The first kappa shape index (κ1) is 11.0. The highest BCUT2D eigenvalue weighted by molar-refractivity contribution is 5.14. The lowest BCUT2D eigenvalue weighted by Gasteiger charge is -2.34. The normalized spacial score (nSPS) is 19.8. The van der Waals surface area contributed by atoms with Gasteiger partial charge in [0, 0.05) is 0 Å². The average molecular weight is 164 g/mol. The Morgan fingerprint density at radius 3 is 1.25 bits per heavy atom. The fourth-order valence-electron chi connectivity index (χ4n) is 1.19. The minimum atomic E-state index is -0.517. The Bertz CT molecular complexity index is 207. The Morgan fingerprint density at radius 1 is 0.917 bits per heavy atom. The molecule has 0 heterocycles. The topological polar surface area (TPSA) is 47.6 Å². The second-order valence-electron chi connectivity index (χ2n) is 3.59. The molecule has 0 N–H and O–H groups in total. The molecule has 0 aromatic heterocycles. The van der Waals surface area contributed by atoms with Gasteiger partial charge in [-0.1, -0.05) is 13.8 Å². The minimum Gasteiger partial charge on any atom is -0.198 e. The second-order valence-corrected chi connectivity index (χ2v) is 3.59. The first-order valence-corrected chi connectivity index (χ1v) is 4.32. The molecule has 12 heavy (non-hydrogen) atoms. The summed E-state index contributed by atoms with van der Waals surface area (Å²) >= 11 is 0. The Labute approximate surface area is 74.8 Å². The first-order chi connectivity index (χ1) is 5.49. The molecule has 0 aliphatic rings. The molecule has 2 nitrogen and oxygen atoms in total. The summed E-state index contributed by atoms with van der Waals surface area (Å²) in [6, 6.07) is 4.50. The van der Waals surface area contributed by atoms with Crippen molar-refractivity contribution in [2.24, 2.45) is 10.8 Å². The Morgan fingerprint density at radius 2 is 1.17 bits per heavy atom. The molecule has 0 aliphatic heterocycles. The van der Waals surface area contributed by atoms with Crippen LogP contribution in [0.1, 0.15) is 40.5 Å². The third-order valence-electron chi connectivity index (χ3n) is 3.13. The fraction of sp³-hybridized carbons (Fsp3) is 0.800. The van der Waals surface area contributed by atoms with Crippen molar-refractivity contribution in [3.05, 3.63) is 0 Å². The van der Waals surface area contributed by atoms with Gasteiger partial charge in [-0.3, -0.25) is 0 Å². The van der Waals surface area contributed by atoms with Gasteiger partial charge >= 0.3 is 0 Å². The SMILES string of the molecule is CC[C@@](C)(C#N)[C@](C)(C#N)CC. The summed E-state index contributed by atoms with van der Waals surface area (Å²) in [7, 11) is 0. The maximum absolute atomic E-state index is 8.98. The third-order valence-corrected chi connectivity index (χ3v) is 3.13. The molecule has 66 valence electrons. The lowest BCUT2D eigenvalue weighted by molar-refractivity contribution is 0.186. The Kier molecular flexibility index (Phi) is 3.28. The van der Waals surface area contributed by atoms with E-state index in [-0.39, 0.29) is 0 Å². The van der Waals surface area contributed by atoms with Crippen LogP contribution in [0.4, 0.5) is 0 Å². The van der Waals surface area contributed by atoms with Crippen LogP contribution in [-0.4, -0.2) is 0 Å². The van der Waals surface area contributed by atoms with Gasteiger partial charge < -0.3 is 0 Å². The molecule has 0 rings (SSSR count). The van der Waals surface area contributed by atoms with Crippen LogP contribution in [-0.2, 0) is 0 Å². The van der Waals surface area contributed by atoms with Crippen LogP contribution in [0.5, 0.6) is 0 Å². The number of nitriles is 2. The van der Waals surface area contributed by atoms with E-state index in [4.69, 9.17) is 10.5 Å². The highest BCUT2D eigenvalue weighted by Crippen LogP contribution is 2.43. The molecule has 0 saturated carbocycles. The number of rotatable bonds is 3. The minimum absolute atomic E-state index is 0.517. The van der Waals surface area contributed by atoms with Crippen molar-refractivity contribution >= 4 is 0 Å². The van der Waals surface area contributed by atoms with Gasteiger partial charge in [0.15, 0.2) is 0 Å². The van der Waals surface area contributed by atoms with Gasteiger partial charge in [-0.05, 0) is 26.7 Å². The molecule has 0 aromatic rings. The van der Waals surface area contributed by atoms with Crippen LogP contribution >= 0.6 is 0 Å². The molecular weight excluding hydrogens is 148 g/mol. The van der Waals surface area contributed by atoms with E-state index >= 15 is 0 Å². The van der Waals surface area contributed by atoms with E-state index in [1.54, 1.807) is 0 Å².